The van der Waals surface area contributed by atoms with Gasteiger partial charge in [-0.2, -0.15) is 0 Å². The fourth-order valence-electron chi connectivity index (χ4n) is 3.29. The summed E-state index contributed by atoms with van der Waals surface area (Å²) in [5, 5.41) is 0. The summed E-state index contributed by atoms with van der Waals surface area (Å²) in [6.07, 6.45) is 20.6. The summed E-state index contributed by atoms with van der Waals surface area (Å²) in [5.41, 5.74) is 5.90. The van der Waals surface area contributed by atoms with Gasteiger partial charge in [-0.25, -0.2) is 8.78 Å². The van der Waals surface area contributed by atoms with Crippen LogP contribution >= 0.6 is 0 Å². The molecule has 262 valence electrons. The van der Waals surface area contributed by atoms with Crippen molar-refractivity contribution < 1.29 is 13.6 Å². The minimum atomic E-state index is -2.72. The number of terminal acetylenes is 1. The first kappa shape index (κ1) is 52.3. The van der Waals surface area contributed by atoms with Gasteiger partial charge in [-0.05, 0) is 71.9 Å². The zero-order chi connectivity index (χ0) is 37.1. The molecule has 0 N–H and O–H groups in total. The molecule has 1 atom stereocenters. The predicted molar refractivity (Wildman–Crippen MR) is 206 cm³/mol. The fourth-order valence-corrected chi connectivity index (χ4v) is 3.29. The molecule has 0 amide bonds. The average molecular weight is 641 g/mol. The van der Waals surface area contributed by atoms with Gasteiger partial charge in [0, 0.05) is 12.5 Å². The Bertz CT molecular complexity index is 1030. The van der Waals surface area contributed by atoms with Crippen molar-refractivity contribution in [2.24, 2.45) is 5.92 Å². The normalized spacial score (nSPS) is 10.5. The van der Waals surface area contributed by atoms with Crippen molar-refractivity contribution in [2.75, 3.05) is 0 Å². The summed E-state index contributed by atoms with van der Waals surface area (Å²) < 4.78 is 25.8. The van der Waals surface area contributed by atoms with E-state index in [-0.39, 0.29) is 11.3 Å². The zero-order valence-corrected chi connectivity index (χ0v) is 32.2. The number of hydrogen-bond donors (Lipinski definition) is 0. The van der Waals surface area contributed by atoms with Gasteiger partial charge in [0.2, 0.25) is 0 Å². The van der Waals surface area contributed by atoms with E-state index in [9.17, 15) is 13.6 Å². The first-order valence-corrected chi connectivity index (χ1v) is 16.9. The van der Waals surface area contributed by atoms with Crippen LogP contribution in [0.5, 0.6) is 0 Å². The van der Waals surface area contributed by atoms with Crippen LogP contribution in [0.25, 0.3) is 0 Å². The maximum Gasteiger partial charge on any atom is 0.270 e. The molecule has 0 spiro atoms. The third kappa shape index (κ3) is 38.8. The Morgan fingerprint density at radius 2 is 1.33 bits per heavy atom. The highest BCUT2D eigenvalue weighted by atomic mass is 19.3. The Morgan fingerprint density at radius 1 is 0.891 bits per heavy atom. The van der Waals surface area contributed by atoms with E-state index in [1.807, 2.05) is 53.7 Å². The summed E-state index contributed by atoms with van der Waals surface area (Å²) in [5.74, 6) is -1.66. The van der Waals surface area contributed by atoms with Crippen molar-refractivity contribution in [3.8, 4) is 12.8 Å². The smallest absolute Gasteiger partial charge is 0.270 e. The molecule has 2 aromatic carbocycles. The first-order valence-electron chi connectivity index (χ1n) is 16.9. The molecule has 2 aromatic rings. The molecule has 46 heavy (non-hydrogen) atoms. The van der Waals surface area contributed by atoms with Gasteiger partial charge < -0.3 is 0 Å². The van der Waals surface area contributed by atoms with Crippen LogP contribution in [0.15, 0.2) is 84.5 Å². The van der Waals surface area contributed by atoms with Crippen molar-refractivity contribution in [3.05, 3.63) is 107 Å². The fraction of sp³-hybridized carbons (Fsp3) is 0.512. The van der Waals surface area contributed by atoms with Gasteiger partial charge in [0.1, 0.15) is 0 Å². The number of aryl methyl sites for hydroxylation is 3. The second-order valence-corrected chi connectivity index (χ2v) is 11.1. The number of unbranched alkanes of at least 4 members (excludes halogenated alkanes) is 1. The van der Waals surface area contributed by atoms with Gasteiger partial charge in [0.25, 0.3) is 5.92 Å². The van der Waals surface area contributed by atoms with Crippen LogP contribution in [0.3, 0.4) is 0 Å². The van der Waals surface area contributed by atoms with Crippen LogP contribution < -0.4 is 0 Å². The van der Waals surface area contributed by atoms with Gasteiger partial charge >= 0.3 is 0 Å². The van der Waals surface area contributed by atoms with Crippen LogP contribution in [0.2, 0.25) is 0 Å². The molecular formula is C43H70F2O. The van der Waals surface area contributed by atoms with Crippen LogP contribution in [-0.4, -0.2) is 5.78 Å². The van der Waals surface area contributed by atoms with Gasteiger partial charge in [-0.1, -0.05) is 157 Å². The predicted octanol–water partition coefficient (Wildman–Crippen LogP) is 14.2. The van der Waals surface area contributed by atoms with Gasteiger partial charge in [-0.15, -0.1) is 19.4 Å². The molecule has 0 aliphatic carbocycles. The second kappa shape index (κ2) is 36.2. The van der Waals surface area contributed by atoms with E-state index in [2.05, 4.69) is 85.2 Å². The van der Waals surface area contributed by atoms with Crippen molar-refractivity contribution in [1.82, 2.24) is 0 Å². The number of benzene rings is 2. The first-order chi connectivity index (χ1) is 21.6. The number of carbonyl (C=O) groups excluding carboxylic acids is 1. The lowest BCUT2D eigenvalue weighted by Crippen LogP contribution is -2.09. The van der Waals surface area contributed by atoms with Crippen molar-refractivity contribution in [1.29, 1.82) is 0 Å². The topological polar surface area (TPSA) is 17.1 Å². The minimum Gasteiger partial charge on any atom is -0.295 e. The van der Waals surface area contributed by atoms with E-state index < -0.39 is 5.92 Å². The quantitative estimate of drug-likeness (QED) is 0.115. The highest BCUT2D eigenvalue weighted by Gasteiger charge is 2.26. The maximum absolute atomic E-state index is 12.9. The van der Waals surface area contributed by atoms with Crippen LogP contribution in [-0.2, 0) is 17.1 Å². The third-order valence-corrected chi connectivity index (χ3v) is 6.15. The largest absolute Gasteiger partial charge is 0.295 e. The molecule has 3 heteroatoms. The lowest BCUT2D eigenvalue weighted by atomic mass is 10.0. The number of rotatable bonds is 9. The maximum atomic E-state index is 12.9. The van der Waals surface area contributed by atoms with Crippen molar-refractivity contribution in [2.45, 2.75) is 141 Å². The van der Waals surface area contributed by atoms with E-state index >= 15 is 0 Å². The highest BCUT2D eigenvalue weighted by Crippen LogP contribution is 2.29. The van der Waals surface area contributed by atoms with Crippen molar-refractivity contribution in [3.63, 3.8) is 0 Å². The molecule has 0 heterocycles. The molecular weight excluding hydrogens is 570 g/mol. The van der Waals surface area contributed by atoms with Crippen LogP contribution in [0.4, 0.5) is 8.78 Å². The Kier molecular flexibility index (Phi) is 41.2. The molecule has 0 fully saturated rings. The third-order valence-electron chi connectivity index (χ3n) is 6.15. The monoisotopic (exact) mass is 641 g/mol. The average Bonchev–Trinajstić information content (AvgIpc) is 3.03. The molecule has 0 radical (unpaired) electrons. The van der Waals surface area contributed by atoms with Crippen molar-refractivity contribution >= 4 is 5.78 Å². The minimum absolute atomic E-state index is 0.104. The Hall–Kier alpha value is -3.25. The Morgan fingerprint density at radius 3 is 1.61 bits per heavy atom. The summed E-state index contributed by atoms with van der Waals surface area (Å²) in [6, 6.07) is 15.1. The number of allylic oxidation sites excluding steroid dienone is 5. The standard InChI is InChI=1S/C10H12F2.C9H14O.C8H10.C8H18.C4H8.C2H6.C2H2/c1-3-8-6-4-5-7-9(8)10(2,11)12;1-4-9(5-2)7-6-8(3)10;1-7-3-5-8(2)6-4-7;1-4-6-7-8(3)5-2;1-4(2)3;2*1-2/h4-7H,3H2,1-2H3;4,6-7H,5H2,1-3H3;3-6H,1-2H3;8H,4-7H2,1-3H3;1H2,2-3H3;1-2H3;1-2H/b;7-6-,9-4+;;;;;. The van der Waals surface area contributed by atoms with Gasteiger partial charge in [0.15, 0.2) is 5.78 Å². The molecule has 0 saturated heterocycles. The second-order valence-electron chi connectivity index (χ2n) is 11.1. The van der Waals surface area contributed by atoms with E-state index in [1.165, 1.54) is 54.0 Å². The molecule has 0 bridgehead atoms. The molecule has 2 rings (SSSR count). The lowest BCUT2D eigenvalue weighted by Gasteiger charge is -2.14. The Balaban J connectivity index is -0.000000152. The summed E-state index contributed by atoms with van der Waals surface area (Å²) in [7, 11) is 0. The molecule has 0 saturated carbocycles. The van der Waals surface area contributed by atoms with Gasteiger partial charge in [-0.3, -0.25) is 4.79 Å². The lowest BCUT2D eigenvalue weighted by molar-refractivity contribution is -0.112. The number of alkyl halides is 2. The summed E-state index contributed by atoms with van der Waals surface area (Å²) in [6.45, 7) is 31.0. The van der Waals surface area contributed by atoms with Crippen LogP contribution in [0.1, 0.15) is 137 Å². The SMILES string of the molecule is C#C.C/C=C(/C=C\C(C)=O)CC.C=C(C)C.CC.CCCCC(C)CC.CCc1ccccc1C(C)(F)F.Cc1ccc(C)cc1. The summed E-state index contributed by atoms with van der Waals surface area (Å²) >= 11 is 0. The summed E-state index contributed by atoms with van der Waals surface area (Å²) in [4.78, 5) is 10.5. The molecule has 0 aliphatic rings. The van der Waals surface area contributed by atoms with Crippen LogP contribution in [0, 0.1) is 32.6 Å². The number of carbonyl (C=O) groups is 1. The number of hydrogen-bond acceptors (Lipinski definition) is 1. The van der Waals surface area contributed by atoms with Gasteiger partial charge in [0.05, 0.1) is 0 Å². The molecule has 0 aromatic heterocycles. The van der Waals surface area contributed by atoms with E-state index in [4.69, 9.17) is 0 Å². The number of ketones is 1. The van der Waals surface area contributed by atoms with E-state index in [0.717, 1.165) is 24.8 Å². The van der Waals surface area contributed by atoms with E-state index in [1.54, 1.807) is 31.2 Å². The number of halogens is 2. The molecule has 0 aliphatic heterocycles. The Labute approximate surface area is 285 Å². The van der Waals surface area contributed by atoms with E-state index in [0.29, 0.717) is 6.42 Å². The molecule has 1 unspecified atom stereocenters. The molecule has 1 nitrogen and oxygen atoms in total. The zero-order valence-electron chi connectivity index (χ0n) is 32.2. The highest BCUT2D eigenvalue weighted by molar-refractivity contribution is 5.87.